The van der Waals surface area contributed by atoms with Crippen molar-refractivity contribution in [3.63, 3.8) is 0 Å². The van der Waals surface area contributed by atoms with Crippen LogP contribution in [-0.2, 0) is 11.2 Å². The Bertz CT molecular complexity index is 363. The highest BCUT2D eigenvalue weighted by molar-refractivity contribution is 6.30. The van der Waals surface area contributed by atoms with Crippen LogP contribution < -0.4 is 5.32 Å². The minimum Gasteiger partial charge on any atom is -0.378 e. The predicted molar refractivity (Wildman–Crippen MR) is 76.2 cm³/mol. The van der Waals surface area contributed by atoms with E-state index in [4.69, 9.17) is 16.3 Å². The summed E-state index contributed by atoms with van der Waals surface area (Å²) in [5.41, 5.74) is 1.32. The third-order valence-electron chi connectivity index (χ3n) is 3.53. The zero-order valence-corrected chi connectivity index (χ0v) is 11.7. The van der Waals surface area contributed by atoms with Crippen LogP contribution in [0.15, 0.2) is 24.3 Å². The second-order valence-electron chi connectivity index (χ2n) is 5.13. The van der Waals surface area contributed by atoms with Gasteiger partial charge in [-0.25, -0.2) is 0 Å². The van der Waals surface area contributed by atoms with Gasteiger partial charge in [-0.15, -0.1) is 0 Å². The molecule has 0 spiro atoms. The van der Waals surface area contributed by atoms with Gasteiger partial charge < -0.3 is 10.1 Å². The van der Waals surface area contributed by atoms with Gasteiger partial charge in [0.1, 0.15) is 0 Å². The summed E-state index contributed by atoms with van der Waals surface area (Å²) in [6.45, 7) is 1.97. The first-order chi connectivity index (χ1) is 8.78. The van der Waals surface area contributed by atoms with Crippen LogP contribution in [0.3, 0.4) is 0 Å². The van der Waals surface area contributed by atoms with E-state index in [2.05, 4.69) is 17.4 Å². The van der Waals surface area contributed by atoms with Gasteiger partial charge >= 0.3 is 0 Å². The van der Waals surface area contributed by atoms with Crippen molar-refractivity contribution in [1.29, 1.82) is 0 Å². The van der Waals surface area contributed by atoms with Gasteiger partial charge in [-0.05, 0) is 62.9 Å². The number of nitrogens with one attached hydrogen (secondary N) is 1. The fourth-order valence-corrected chi connectivity index (χ4v) is 2.94. The quantitative estimate of drug-likeness (QED) is 0.854. The van der Waals surface area contributed by atoms with Crippen molar-refractivity contribution in [2.75, 3.05) is 20.2 Å². The Morgan fingerprint density at radius 1 is 1.50 bits per heavy atom. The zero-order valence-electron chi connectivity index (χ0n) is 11.0. The molecule has 1 aliphatic rings. The minimum atomic E-state index is 0.461. The summed E-state index contributed by atoms with van der Waals surface area (Å²) in [5, 5.41) is 4.11. The normalized spacial score (nSPS) is 21.1. The molecule has 0 bridgehead atoms. The summed E-state index contributed by atoms with van der Waals surface area (Å²) < 4.78 is 5.74. The average molecular weight is 268 g/mol. The average Bonchev–Trinajstić information content (AvgIpc) is 2.82. The second kappa shape index (κ2) is 7.13. The van der Waals surface area contributed by atoms with Gasteiger partial charge in [-0.2, -0.15) is 0 Å². The van der Waals surface area contributed by atoms with E-state index < -0.39 is 0 Å². The van der Waals surface area contributed by atoms with Gasteiger partial charge in [-0.1, -0.05) is 23.7 Å². The van der Waals surface area contributed by atoms with Crippen molar-refractivity contribution in [2.24, 2.45) is 5.92 Å². The number of hydrogen-bond acceptors (Lipinski definition) is 2. The lowest BCUT2D eigenvalue weighted by molar-refractivity contribution is 0.0895. The molecule has 2 rings (SSSR count). The molecule has 1 aromatic carbocycles. The van der Waals surface area contributed by atoms with E-state index in [0.29, 0.717) is 12.0 Å². The largest absolute Gasteiger partial charge is 0.378 e. The van der Waals surface area contributed by atoms with E-state index >= 15 is 0 Å². The first-order valence-electron chi connectivity index (χ1n) is 6.78. The third-order valence-corrected chi connectivity index (χ3v) is 3.76. The molecule has 1 aromatic rings. The van der Waals surface area contributed by atoms with Crippen LogP contribution in [0.2, 0.25) is 5.02 Å². The molecule has 18 heavy (non-hydrogen) atoms. The molecule has 100 valence electrons. The molecule has 1 aliphatic heterocycles. The maximum Gasteiger partial charge on any atom is 0.0579 e. The molecule has 1 N–H and O–H groups in total. The molecule has 0 saturated carbocycles. The fourth-order valence-electron chi connectivity index (χ4n) is 2.73. The van der Waals surface area contributed by atoms with Crippen LogP contribution in [-0.4, -0.2) is 26.3 Å². The first kappa shape index (κ1) is 13.9. The Balaban J connectivity index is 1.92. The first-order valence-corrected chi connectivity index (χ1v) is 7.16. The topological polar surface area (TPSA) is 21.3 Å². The number of hydrogen-bond donors (Lipinski definition) is 1. The van der Waals surface area contributed by atoms with E-state index in [0.717, 1.165) is 31.0 Å². The summed E-state index contributed by atoms with van der Waals surface area (Å²) in [6, 6.07) is 8.18. The van der Waals surface area contributed by atoms with E-state index in [9.17, 15) is 0 Å². The van der Waals surface area contributed by atoms with Crippen molar-refractivity contribution in [2.45, 2.75) is 31.8 Å². The van der Waals surface area contributed by atoms with Crippen LogP contribution in [0.25, 0.3) is 0 Å². The van der Waals surface area contributed by atoms with Crippen LogP contribution in [0.1, 0.15) is 24.8 Å². The SMILES string of the molecule is CNCC(Cc1cccc(Cl)c1)CC1CCCO1. The van der Waals surface area contributed by atoms with Crippen LogP contribution >= 0.6 is 11.6 Å². The summed E-state index contributed by atoms with van der Waals surface area (Å²) in [6.07, 6.45) is 5.11. The molecular formula is C15H22ClNO. The van der Waals surface area contributed by atoms with Gasteiger partial charge in [0.25, 0.3) is 0 Å². The van der Waals surface area contributed by atoms with Crippen molar-refractivity contribution >= 4 is 11.6 Å². The molecule has 2 nitrogen and oxygen atoms in total. The monoisotopic (exact) mass is 267 g/mol. The lowest BCUT2D eigenvalue weighted by Gasteiger charge is -2.20. The second-order valence-corrected chi connectivity index (χ2v) is 5.56. The standard InChI is InChI=1S/C15H22ClNO/c1-17-11-13(10-15-6-3-7-18-15)8-12-4-2-5-14(16)9-12/h2,4-5,9,13,15,17H,3,6-8,10-11H2,1H3. The summed E-state index contributed by atoms with van der Waals surface area (Å²) in [4.78, 5) is 0. The van der Waals surface area contributed by atoms with Crippen LogP contribution in [0, 0.1) is 5.92 Å². The maximum absolute atomic E-state index is 6.04. The number of ether oxygens (including phenoxy) is 1. The van der Waals surface area contributed by atoms with Crippen LogP contribution in [0.4, 0.5) is 0 Å². The number of benzene rings is 1. The van der Waals surface area contributed by atoms with Crippen molar-refractivity contribution in [1.82, 2.24) is 5.32 Å². The molecule has 2 unspecified atom stereocenters. The highest BCUT2D eigenvalue weighted by Gasteiger charge is 2.20. The highest BCUT2D eigenvalue weighted by atomic mass is 35.5. The van der Waals surface area contributed by atoms with E-state index in [1.807, 2.05) is 19.2 Å². The molecule has 0 amide bonds. The zero-order chi connectivity index (χ0) is 12.8. The molecule has 1 fully saturated rings. The van der Waals surface area contributed by atoms with Crippen molar-refractivity contribution < 1.29 is 4.74 Å². The Labute approximate surface area is 115 Å². The third kappa shape index (κ3) is 4.27. The lowest BCUT2D eigenvalue weighted by atomic mass is 9.93. The van der Waals surface area contributed by atoms with Crippen molar-refractivity contribution in [3.8, 4) is 0 Å². The van der Waals surface area contributed by atoms with Gasteiger partial charge in [0, 0.05) is 11.6 Å². The fraction of sp³-hybridized carbons (Fsp3) is 0.600. The summed E-state index contributed by atoms with van der Waals surface area (Å²) in [7, 11) is 2.01. The van der Waals surface area contributed by atoms with Gasteiger partial charge in [0.2, 0.25) is 0 Å². The molecule has 1 saturated heterocycles. The Morgan fingerprint density at radius 3 is 3.06 bits per heavy atom. The minimum absolute atomic E-state index is 0.461. The van der Waals surface area contributed by atoms with E-state index in [1.54, 1.807) is 0 Å². The number of rotatable bonds is 6. The predicted octanol–water partition coefficient (Wildman–Crippen LogP) is 3.29. The Kier molecular flexibility index (Phi) is 5.48. The van der Waals surface area contributed by atoms with Crippen molar-refractivity contribution in [3.05, 3.63) is 34.9 Å². The summed E-state index contributed by atoms with van der Waals surface area (Å²) in [5.74, 6) is 0.622. The van der Waals surface area contributed by atoms with Gasteiger partial charge in [0.15, 0.2) is 0 Å². The molecule has 0 aromatic heterocycles. The maximum atomic E-state index is 6.04. The van der Waals surface area contributed by atoms with E-state index in [1.165, 1.54) is 18.4 Å². The number of halogens is 1. The Morgan fingerprint density at radius 2 is 2.39 bits per heavy atom. The molecule has 2 atom stereocenters. The smallest absolute Gasteiger partial charge is 0.0579 e. The molecule has 1 heterocycles. The van der Waals surface area contributed by atoms with Gasteiger partial charge in [-0.3, -0.25) is 0 Å². The molecule has 3 heteroatoms. The van der Waals surface area contributed by atoms with E-state index in [-0.39, 0.29) is 0 Å². The molecule has 0 aliphatic carbocycles. The molecule has 0 radical (unpaired) electrons. The van der Waals surface area contributed by atoms with Gasteiger partial charge in [0.05, 0.1) is 6.10 Å². The Hall–Kier alpha value is -0.570. The molecular weight excluding hydrogens is 246 g/mol. The lowest BCUT2D eigenvalue weighted by Crippen LogP contribution is -2.25. The highest BCUT2D eigenvalue weighted by Crippen LogP contribution is 2.23. The van der Waals surface area contributed by atoms with Crippen LogP contribution in [0.5, 0.6) is 0 Å². The summed E-state index contributed by atoms with van der Waals surface area (Å²) >= 11 is 6.04.